The molecular weight excluding hydrogens is 523 g/mol. The van der Waals surface area contributed by atoms with Gasteiger partial charge < -0.3 is 39.3 Å². The lowest BCUT2D eigenvalue weighted by Gasteiger charge is -2.40. The van der Waals surface area contributed by atoms with Crippen molar-refractivity contribution in [2.45, 2.75) is 44.4 Å². The molecule has 3 heterocycles. The molecule has 0 bridgehead atoms. The van der Waals surface area contributed by atoms with Crippen LogP contribution in [0.25, 0.3) is 0 Å². The van der Waals surface area contributed by atoms with Gasteiger partial charge in [-0.05, 0) is 36.8 Å². The molecule has 1 unspecified atom stereocenters. The second-order valence-electron chi connectivity index (χ2n) is 10.1. The molecule has 4 rings (SSSR count). The number of aliphatic hydroxyl groups excluding tert-OH is 3. The number of anilines is 1. The molecule has 1 amide bonds. The lowest BCUT2D eigenvalue weighted by atomic mass is 9.72. The van der Waals surface area contributed by atoms with Crippen molar-refractivity contribution in [2.24, 2.45) is 5.41 Å². The zero-order valence-corrected chi connectivity index (χ0v) is 21.8. The van der Waals surface area contributed by atoms with E-state index in [-0.39, 0.29) is 25.1 Å². The number of amides is 1. The van der Waals surface area contributed by atoms with Crippen LogP contribution in [0.5, 0.6) is 17.2 Å². The molecule has 2 aliphatic heterocycles. The molecule has 4 atom stereocenters. The number of aliphatic hydroxyl groups is 3. The summed E-state index contributed by atoms with van der Waals surface area (Å²) >= 11 is 0. The number of hydrogen-bond acceptors (Lipinski definition) is 9. The first-order valence-corrected chi connectivity index (χ1v) is 12.4. The highest BCUT2D eigenvalue weighted by molar-refractivity contribution is 5.81. The minimum Gasteiger partial charge on any atom is -0.493 e. The number of pyridine rings is 1. The highest BCUT2D eigenvalue weighted by Gasteiger charge is 2.49. The van der Waals surface area contributed by atoms with Crippen LogP contribution in [0.15, 0.2) is 36.5 Å². The second kappa shape index (κ2) is 11.1. The predicted octanol–water partition coefficient (Wildman–Crippen LogP) is 1.92. The molecule has 13 heteroatoms. The lowest BCUT2D eigenvalue weighted by molar-refractivity contribution is -0.274. The zero-order valence-electron chi connectivity index (χ0n) is 21.8. The summed E-state index contributed by atoms with van der Waals surface area (Å²) in [5, 5.41) is 29.7. The number of likely N-dealkylation sites (tertiary alicyclic amines) is 1. The number of alkyl halides is 3. The predicted molar refractivity (Wildman–Crippen MR) is 133 cm³/mol. The molecule has 0 radical (unpaired) electrons. The Labute approximate surface area is 223 Å². The molecule has 2 aliphatic rings. The summed E-state index contributed by atoms with van der Waals surface area (Å²) in [5.74, 6) is 0.152. The molecule has 2 aromatic rings. The van der Waals surface area contributed by atoms with Crippen LogP contribution in [0.3, 0.4) is 0 Å². The summed E-state index contributed by atoms with van der Waals surface area (Å²) in [7, 11) is 1.51. The van der Waals surface area contributed by atoms with Gasteiger partial charge in [-0.2, -0.15) is 0 Å². The number of halogens is 3. The first-order chi connectivity index (χ1) is 18.3. The SMILES string of the molecule is COc1ccc([C@@H]2CN(C(=O)C(O)CO)C[C@@]2(C)[C@@H](C)O)cc1OC1CN(c2ccc(OC(F)(F)F)cn2)C1. The van der Waals surface area contributed by atoms with Gasteiger partial charge in [0.15, 0.2) is 17.6 Å². The third-order valence-electron chi connectivity index (χ3n) is 7.46. The fourth-order valence-corrected chi connectivity index (χ4v) is 5.02. The fraction of sp³-hybridized carbons (Fsp3) is 0.538. The minimum atomic E-state index is -4.79. The smallest absolute Gasteiger partial charge is 0.493 e. The van der Waals surface area contributed by atoms with Crippen molar-refractivity contribution in [3.63, 3.8) is 0 Å². The lowest BCUT2D eigenvalue weighted by Crippen LogP contribution is -2.54. The number of methoxy groups -OCH3 is 1. The average Bonchev–Trinajstić information content (AvgIpc) is 3.23. The molecule has 0 spiro atoms. The summed E-state index contributed by atoms with van der Waals surface area (Å²) in [4.78, 5) is 19.9. The highest BCUT2D eigenvalue weighted by Crippen LogP contribution is 2.47. The Hall–Kier alpha value is -3.29. The maximum Gasteiger partial charge on any atom is 0.573 e. The number of ether oxygens (including phenoxy) is 3. The standard InChI is InChI=1S/C26H32F3N3O7/c1-15(34)25(2)14-32(24(36)20(35)13-33)12-19(25)16-4-6-21(37-3)22(8-16)38-18-10-31(11-18)23-7-5-17(9-30-23)39-26(27,28)29/h4-9,15,18-20,33-35H,10-14H2,1-3H3/t15-,19+,20?,25+/m1/s1. The minimum absolute atomic E-state index is 0.199. The van der Waals surface area contributed by atoms with Gasteiger partial charge in [-0.3, -0.25) is 4.79 Å². The highest BCUT2D eigenvalue weighted by atomic mass is 19.4. The van der Waals surface area contributed by atoms with Gasteiger partial charge in [-0.15, -0.1) is 13.2 Å². The van der Waals surface area contributed by atoms with Crippen molar-refractivity contribution in [2.75, 3.05) is 44.8 Å². The third kappa shape index (κ3) is 6.15. The van der Waals surface area contributed by atoms with Crippen LogP contribution in [0.1, 0.15) is 25.3 Å². The summed E-state index contributed by atoms with van der Waals surface area (Å²) in [6.45, 7) is 4.15. The van der Waals surface area contributed by atoms with Crippen LogP contribution in [0, 0.1) is 5.41 Å². The molecule has 214 valence electrons. The van der Waals surface area contributed by atoms with Gasteiger partial charge in [-0.25, -0.2) is 4.98 Å². The Balaban J connectivity index is 1.46. The quantitative estimate of drug-likeness (QED) is 0.426. The Kier molecular flexibility index (Phi) is 8.14. The van der Waals surface area contributed by atoms with E-state index in [1.165, 1.54) is 24.1 Å². The third-order valence-corrected chi connectivity index (χ3v) is 7.46. The average molecular weight is 556 g/mol. The topological polar surface area (TPSA) is 125 Å². The number of carbonyl (C=O) groups is 1. The van der Waals surface area contributed by atoms with E-state index in [1.54, 1.807) is 13.0 Å². The largest absolute Gasteiger partial charge is 0.573 e. The van der Waals surface area contributed by atoms with Crippen LogP contribution < -0.4 is 19.1 Å². The van der Waals surface area contributed by atoms with Crippen molar-refractivity contribution >= 4 is 11.7 Å². The molecule has 2 fully saturated rings. The first-order valence-electron chi connectivity index (χ1n) is 12.4. The summed E-state index contributed by atoms with van der Waals surface area (Å²) < 4.78 is 52.6. The Morgan fingerprint density at radius 1 is 1.18 bits per heavy atom. The van der Waals surface area contributed by atoms with Gasteiger partial charge in [0, 0.05) is 24.4 Å². The van der Waals surface area contributed by atoms with Gasteiger partial charge in [0.1, 0.15) is 17.7 Å². The van der Waals surface area contributed by atoms with E-state index in [4.69, 9.17) is 9.47 Å². The van der Waals surface area contributed by atoms with Gasteiger partial charge in [-0.1, -0.05) is 13.0 Å². The van der Waals surface area contributed by atoms with Crippen LogP contribution in [0.2, 0.25) is 0 Å². The van der Waals surface area contributed by atoms with Crippen molar-refractivity contribution in [1.82, 2.24) is 9.88 Å². The normalized spacial score (nSPS) is 23.3. The van der Waals surface area contributed by atoms with Crippen molar-refractivity contribution in [3.05, 3.63) is 42.1 Å². The molecule has 3 N–H and O–H groups in total. The number of benzene rings is 1. The van der Waals surface area contributed by atoms with Gasteiger partial charge in [0.2, 0.25) is 0 Å². The maximum absolute atomic E-state index is 12.6. The summed E-state index contributed by atoms with van der Waals surface area (Å²) in [5.41, 5.74) is 0.0820. The van der Waals surface area contributed by atoms with Crippen LogP contribution in [-0.2, 0) is 4.79 Å². The monoisotopic (exact) mass is 555 g/mol. The van der Waals surface area contributed by atoms with Gasteiger partial charge in [0.25, 0.3) is 5.91 Å². The number of aromatic nitrogens is 1. The first kappa shape index (κ1) is 28.7. The molecular formula is C26H32F3N3O7. The van der Waals surface area contributed by atoms with Crippen LogP contribution >= 0.6 is 0 Å². The van der Waals surface area contributed by atoms with E-state index >= 15 is 0 Å². The second-order valence-corrected chi connectivity index (χ2v) is 10.1. The molecule has 1 aromatic heterocycles. The van der Waals surface area contributed by atoms with E-state index in [1.807, 2.05) is 24.0 Å². The molecule has 10 nitrogen and oxygen atoms in total. The van der Waals surface area contributed by atoms with E-state index < -0.39 is 42.2 Å². The molecule has 0 saturated carbocycles. The van der Waals surface area contributed by atoms with E-state index in [0.29, 0.717) is 30.4 Å². The number of carbonyl (C=O) groups excluding carboxylic acids is 1. The molecule has 0 aliphatic carbocycles. The summed E-state index contributed by atoms with van der Waals surface area (Å²) in [6, 6.07) is 8.04. The molecule has 1 aromatic carbocycles. The maximum atomic E-state index is 12.6. The zero-order chi connectivity index (χ0) is 28.5. The van der Waals surface area contributed by atoms with Crippen molar-refractivity contribution in [1.29, 1.82) is 0 Å². The fourth-order valence-electron chi connectivity index (χ4n) is 5.02. The van der Waals surface area contributed by atoms with E-state index in [0.717, 1.165) is 11.8 Å². The Morgan fingerprint density at radius 2 is 1.90 bits per heavy atom. The number of hydrogen-bond donors (Lipinski definition) is 3. The van der Waals surface area contributed by atoms with E-state index in [2.05, 4.69) is 9.72 Å². The number of rotatable bonds is 9. The Bertz CT molecular complexity index is 1160. The Morgan fingerprint density at radius 3 is 2.46 bits per heavy atom. The molecule has 2 saturated heterocycles. The van der Waals surface area contributed by atoms with E-state index in [9.17, 15) is 33.3 Å². The summed E-state index contributed by atoms with van der Waals surface area (Å²) in [6.07, 6.45) is -6.32. The van der Waals surface area contributed by atoms with Gasteiger partial charge in [0.05, 0.1) is 39.1 Å². The van der Waals surface area contributed by atoms with Gasteiger partial charge >= 0.3 is 6.36 Å². The molecule has 39 heavy (non-hydrogen) atoms. The van der Waals surface area contributed by atoms with Crippen LogP contribution in [0.4, 0.5) is 19.0 Å². The van der Waals surface area contributed by atoms with Crippen molar-refractivity contribution < 1.29 is 47.5 Å². The van der Waals surface area contributed by atoms with Crippen molar-refractivity contribution in [3.8, 4) is 17.2 Å². The number of nitrogens with zero attached hydrogens (tertiary/aromatic N) is 3. The van der Waals surface area contributed by atoms with Crippen LogP contribution in [-0.4, -0.2) is 95.7 Å².